The van der Waals surface area contributed by atoms with Crippen molar-refractivity contribution < 1.29 is 4.74 Å². The average Bonchev–Trinajstić information content (AvgIpc) is 3.11. The summed E-state index contributed by atoms with van der Waals surface area (Å²) in [6, 6.07) is 10.4. The molecule has 5 heteroatoms. The lowest BCUT2D eigenvalue weighted by atomic mass is 10.0. The fourth-order valence-electron chi connectivity index (χ4n) is 2.80. The topological polar surface area (TPSA) is 62.8 Å². The summed E-state index contributed by atoms with van der Waals surface area (Å²) in [5.74, 6) is 0.783. The van der Waals surface area contributed by atoms with Crippen molar-refractivity contribution in [2.24, 2.45) is 0 Å². The van der Waals surface area contributed by atoms with Crippen LogP contribution in [0.4, 0.5) is 0 Å². The minimum atomic E-state index is 0.163. The van der Waals surface area contributed by atoms with E-state index in [-0.39, 0.29) is 6.04 Å². The number of H-pyrrole nitrogens is 1. The second-order valence-electron chi connectivity index (χ2n) is 5.85. The van der Waals surface area contributed by atoms with E-state index >= 15 is 0 Å². The van der Waals surface area contributed by atoms with E-state index in [1.54, 1.807) is 12.4 Å². The first-order valence-corrected chi connectivity index (χ1v) is 7.95. The molecule has 1 aromatic carbocycles. The van der Waals surface area contributed by atoms with Crippen LogP contribution < -0.4 is 5.32 Å². The molecule has 0 amide bonds. The third-order valence-electron chi connectivity index (χ3n) is 4.21. The second kappa shape index (κ2) is 6.20. The Kier molecular flexibility index (Phi) is 3.75. The van der Waals surface area contributed by atoms with Crippen LogP contribution in [0.25, 0.3) is 16.5 Å². The highest BCUT2D eigenvalue weighted by Gasteiger charge is 2.12. The van der Waals surface area contributed by atoms with Crippen LogP contribution in [0.1, 0.15) is 30.5 Å². The van der Waals surface area contributed by atoms with Gasteiger partial charge in [0.2, 0.25) is 0 Å². The lowest BCUT2D eigenvalue weighted by Gasteiger charge is -2.20. The number of allylic oxidation sites excluding steroid dienone is 2. The Morgan fingerprint density at radius 3 is 2.88 bits per heavy atom. The standard InChI is InChI=1S/C19H18N4O/c1-13(14-6-8-20-9-7-14)22-19-5-4-17(12-24-19)15-2-3-16-11-21-23-18(16)10-15/h2-3,5-13,22H,4H2,1H3,(H,21,23)/t13-/m0/s1. The monoisotopic (exact) mass is 318 g/mol. The van der Waals surface area contributed by atoms with Crippen LogP contribution in [0.15, 0.2) is 67.1 Å². The molecule has 0 unspecified atom stereocenters. The first-order valence-electron chi connectivity index (χ1n) is 7.95. The highest BCUT2D eigenvalue weighted by Crippen LogP contribution is 2.27. The fourth-order valence-corrected chi connectivity index (χ4v) is 2.80. The summed E-state index contributed by atoms with van der Waals surface area (Å²) in [5.41, 5.74) is 4.50. The van der Waals surface area contributed by atoms with Crippen molar-refractivity contribution in [1.29, 1.82) is 0 Å². The third kappa shape index (κ3) is 2.88. The van der Waals surface area contributed by atoms with Gasteiger partial charge < -0.3 is 10.1 Å². The van der Waals surface area contributed by atoms with Gasteiger partial charge in [-0.2, -0.15) is 5.10 Å². The smallest absolute Gasteiger partial charge is 0.189 e. The molecule has 0 spiro atoms. The molecule has 0 bridgehead atoms. The zero-order valence-electron chi connectivity index (χ0n) is 13.4. The van der Waals surface area contributed by atoms with Crippen molar-refractivity contribution in [3.63, 3.8) is 0 Å². The van der Waals surface area contributed by atoms with Gasteiger partial charge in [-0.15, -0.1) is 0 Å². The van der Waals surface area contributed by atoms with Crippen molar-refractivity contribution in [3.8, 4) is 0 Å². The number of aromatic amines is 1. The van der Waals surface area contributed by atoms with Gasteiger partial charge in [-0.1, -0.05) is 12.1 Å². The molecule has 0 aliphatic carbocycles. The highest BCUT2D eigenvalue weighted by molar-refractivity contribution is 5.82. The number of benzene rings is 1. The van der Waals surface area contributed by atoms with Gasteiger partial charge in [0.1, 0.15) is 0 Å². The number of rotatable bonds is 4. The first-order chi connectivity index (χ1) is 11.8. The number of hydrogen-bond acceptors (Lipinski definition) is 4. The van der Waals surface area contributed by atoms with Crippen LogP contribution in [0.5, 0.6) is 0 Å². The summed E-state index contributed by atoms with van der Waals surface area (Å²) < 4.78 is 5.78. The molecular formula is C19H18N4O. The zero-order chi connectivity index (χ0) is 16.4. The summed E-state index contributed by atoms with van der Waals surface area (Å²) in [7, 11) is 0. The molecule has 5 nitrogen and oxygen atoms in total. The molecule has 4 rings (SSSR count). The molecule has 0 saturated heterocycles. The molecule has 2 N–H and O–H groups in total. The van der Waals surface area contributed by atoms with Gasteiger partial charge in [-0.3, -0.25) is 10.1 Å². The first kappa shape index (κ1) is 14.5. The molecule has 24 heavy (non-hydrogen) atoms. The van der Waals surface area contributed by atoms with Crippen LogP contribution in [0.3, 0.4) is 0 Å². The number of nitrogens with zero attached hydrogens (tertiary/aromatic N) is 2. The van der Waals surface area contributed by atoms with E-state index in [9.17, 15) is 0 Å². The Hall–Kier alpha value is -3.08. The number of fused-ring (bicyclic) bond motifs is 1. The number of nitrogens with one attached hydrogen (secondary N) is 2. The molecule has 0 saturated carbocycles. The lowest BCUT2D eigenvalue weighted by Crippen LogP contribution is -2.20. The molecule has 3 aromatic rings. The number of hydrogen-bond donors (Lipinski definition) is 2. The number of ether oxygens (including phenoxy) is 1. The molecule has 0 fully saturated rings. The Balaban J connectivity index is 1.44. The van der Waals surface area contributed by atoms with E-state index in [2.05, 4.69) is 51.7 Å². The predicted molar refractivity (Wildman–Crippen MR) is 93.6 cm³/mol. The SMILES string of the molecule is C[C@H](NC1=CCC(c2ccc3cn[nH]c3c2)=CO1)c1ccncc1. The lowest BCUT2D eigenvalue weighted by molar-refractivity contribution is 0.296. The van der Waals surface area contributed by atoms with Crippen LogP contribution in [0, 0.1) is 0 Å². The third-order valence-corrected chi connectivity index (χ3v) is 4.21. The maximum Gasteiger partial charge on any atom is 0.189 e. The molecule has 120 valence electrons. The van der Waals surface area contributed by atoms with Gasteiger partial charge in [-0.25, -0.2) is 0 Å². The quantitative estimate of drug-likeness (QED) is 0.765. The Labute approximate surface area is 140 Å². The fraction of sp³-hybridized carbons (Fsp3) is 0.158. The second-order valence-corrected chi connectivity index (χ2v) is 5.85. The van der Waals surface area contributed by atoms with E-state index in [0.717, 1.165) is 34.3 Å². The van der Waals surface area contributed by atoms with E-state index in [0.29, 0.717) is 0 Å². The van der Waals surface area contributed by atoms with Gasteiger partial charge in [0.15, 0.2) is 5.88 Å². The van der Waals surface area contributed by atoms with Crippen molar-refractivity contribution in [1.82, 2.24) is 20.5 Å². The summed E-state index contributed by atoms with van der Waals surface area (Å²) >= 11 is 0. The Morgan fingerprint density at radius 1 is 1.21 bits per heavy atom. The Morgan fingerprint density at radius 2 is 2.08 bits per heavy atom. The summed E-state index contributed by atoms with van der Waals surface area (Å²) in [6.45, 7) is 2.10. The summed E-state index contributed by atoms with van der Waals surface area (Å²) in [4.78, 5) is 4.05. The van der Waals surface area contributed by atoms with E-state index in [1.807, 2.05) is 24.6 Å². The van der Waals surface area contributed by atoms with E-state index in [1.165, 1.54) is 5.56 Å². The Bertz CT molecular complexity index is 911. The van der Waals surface area contributed by atoms with Crippen LogP contribution in [0.2, 0.25) is 0 Å². The normalized spacial score (nSPS) is 15.4. The van der Waals surface area contributed by atoms with Gasteiger partial charge in [0, 0.05) is 17.8 Å². The van der Waals surface area contributed by atoms with Gasteiger partial charge >= 0.3 is 0 Å². The van der Waals surface area contributed by atoms with Crippen molar-refractivity contribution >= 4 is 16.5 Å². The molecule has 1 atom stereocenters. The number of aromatic nitrogens is 3. The maximum atomic E-state index is 5.78. The predicted octanol–water partition coefficient (Wildman–Crippen LogP) is 3.91. The maximum absolute atomic E-state index is 5.78. The van der Waals surface area contributed by atoms with Crippen molar-refractivity contribution in [3.05, 3.63) is 78.3 Å². The minimum absolute atomic E-state index is 0.163. The van der Waals surface area contributed by atoms with Crippen LogP contribution >= 0.6 is 0 Å². The molecule has 0 radical (unpaired) electrons. The van der Waals surface area contributed by atoms with Gasteiger partial charge in [-0.05, 0) is 54.3 Å². The molecule has 1 aliphatic rings. The summed E-state index contributed by atoms with van der Waals surface area (Å²) in [6.07, 6.45) is 10.1. The van der Waals surface area contributed by atoms with Crippen LogP contribution in [-0.4, -0.2) is 15.2 Å². The molecule has 1 aliphatic heterocycles. The van der Waals surface area contributed by atoms with E-state index < -0.39 is 0 Å². The van der Waals surface area contributed by atoms with Gasteiger partial charge in [0.25, 0.3) is 0 Å². The van der Waals surface area contributed by atoms with Crippen LogP contribution in [-0.2, 0) is 4.74 Å². The molecular weight excluding hydrogens is 300 g/mol. The summed E-state index contributed by atoms with van der Waals surface area (Å²) in [5, 5.41) is 11.6. The average molecular weight is 318 g/mol. The molecule has 3 heterocycles. The largest absolute Gasteiger partial charge is 0.449 e. The highest BCUT2D eigenvalue weighted by atomic mass is 16.5. The van der Waals surface area contributed by atoms with Crippen molar-refractivity contribution in [2.45, 2.75) is 19.4 Å². The van der Waals surface area contributed by atoms with E-state index in [4.69, 9.17) is 4.74 Å². The number of pyridine rings is 1. The minimum Gasteiger partial charge on any atom is -0.449 e. The van der Waals surface area contributed by atoms with Crippen molar-refractivity contribution in [2.75, 3.05) is 0 Å². The molecule has 2 aromatic heterocycles. The zero-order valence-corrected chi connectivity index (χ0v) is 13.4. The van der Waals surface area contributed by atoms with Gasteiger partial charge in [0.05, 0.1) is 24.0 Å².